The Labute approximate surface area is 326 Å². The summed E-state index contributed by atoms with van der Waals surface area (Å²) in [4.78, 5) is 0. The molecular formula is C42H46Cl4SiZr-2. The van der Waals surface area contributed by atoms with Crippen molar-refractivity contribution in [2.45, 2.75) is 81.1 Å². The van der Waals surface area contributed by atoms with Crippen LogP contribution in [0.4, 0.5) is 0 Å². The van der Waals surface area contributed by atoms with Gasteiger partial charge < -0.3 is 24.8 Å². The van der Waals surface area contributed by atoms with Crippen LogP contribution in [0.5, 0.6) is 0 Å². The van der Waals surface area contributed by atoms with Crippen LogP contribution in [0.1, 0.15) is 84.0 Å². The molecule has 6 heteroatoms. The standard InChI is InChI=1S/2C15H19.C12H8Cl2Si.2ClH.Zr/c2*1-9(2)13-7-6-10(3)14-8-11(4)12(5)15(13)14;13-9-1-5-11(6-2-9)15-12-7-3-10(14)4-8-12;;;/h2*6-9H,1-5H3;1-8H;2*1H;/q2*-1;;;;+2/p-2. The molecule has 0 aliphatic heterocycles. The van der Waals surface area contributed by atoms with Crippen LogP contribution in [0.3, 0.4) is 0 Å². The molecule has 0 heterocycles. The third-order valence-corrected chi connectivity index (χ3v) is 15.7. The van der Waals surface area contributed by atoms with E-state index in [-0.39, 0.29) is 24.8 Å². The van der Waals surface area contributed by atoms with Gasteiger partial charge in [-0.25, -0.2) is 0 Å². The molecule has 0 N–H and O–H groups in total. The van der Waals surface area contributed by atoms with Gasteiger partial charge in [-0.1, -0.05) is 92.5 Å². The van der Waals surface area contributed by atoms with Gasteiger partial charge in [0.15, 0.2) is 0 Å². The Morgan fingerprint density at radius 3 is 1.12 bits per heavy atom. The molecular weight excluding hydrogens is 766 g/mol. The predicted molar refractivity (Wildman–Crippen MR) is 204 cm³/mol. The van der Waals surface area contributed by atoms with Gasteiger partial charge in [0, 0.05) is 0 Å². The van der Waals surface area contributed by atoms with E-state index in [2.05, 4.69) is 130 Å². The Morgan fingerprint density at radius 2 is 0.833 bits per heavy atom. The molecule has 0 unspecified atom stereocenters. The molecule has 0 saturated carbocycles. The summed E-state index contributed by atoms with van der Waals surface area (Å²) in [5.74, 6) is 1.21. The monoisotopic (exact) mass is 808 g/mol. The van der Waals surface area contributed by atoms with Crippen LogP contribution in [0.25, 0.3) is 21.5 Å². The summed E-state index contributed by atoms with van der Waals surface area (Å²) in [6, 6.07) is 30.1. The van der Waals surface area contributed by atoms with E-state index in [1.54, 1.807) is 23.3 Å². The van der Waals surface area contributed by atoms with E-state index in [0.29, 0.717) is 11.8 Å². The van der Waals surface area contributed by atoms with Gasteiger partial charge in [0.25, 0.3) is 0 Å². The molecule has 6 aromatic carbocycles. The van der Waals surface area contributed by atoms with Crippen molar-refractivity contribution in [2.24, 2.45) is 0 Å². The van der Waals surface area contributed by atoms with E-state index in [1.165, 1.54) is 76.4 Å². The molecule has 0 spiro atoms. The molecule has 0 radical (unpaired) electrons. The molecule has 0 nitrogen and oxygen atoms in total. The molecule has 48 heavy (non-hydrogen) atoms. The Kier molecular flexibility index (Phi) is 16.4. The fraction of sp³-hybridized carbons (Fsp3) is 0.286. The van der Waals surface area contributed by atoms with Crippen molar-refractivity contribution < 1.29 is 48.1 Å². The number of benzene rings is 4. The Hall–Kier alpha value is -1.64. The van der Waals surface area contributed by atoms with E-state index < -0.39 is 5.43 Å². The molecule has 0 fully saturated rings. The van der Waals surface area contributed by atoms with Crippen molar-refractivity contribution in [3.63, 3.8) is 0 Å². The molecule has 6 rings (SSSR count). The van der Waals surface area contributed by atoms with E-state index in [4.69, 9.17) is 23.2 Å². The van der Waals surface area contributed by atoms with Gasteiger partial charge in [-0.2, -0.15) is 11.1 Å². The van der Waals surface area contributed by atoms with E-state index >= 15 is 0 Å². The zero-order valence-corrected chi connectivity index (χ0v) is 36.2. The number of halogens is 4. The summed E-state index contributed by atoms with van der Waals surface area (Å²) < 4.78 is 0. The van der Waals surface area contributed by atoms with Crippen LogP contribution < -0.4 is 35.2 Å². The second-order valence-electron chi connectivity index (χ2n) is 13.1. The minimum absolute atomic E-state index is 0. The summed E-state index contributed by atoms with van der Waals surface area (Å²) in [5.41, 5.74) is 10.9. The molecule has 0 aliphatic carbocycles. The van der Waals surface area contributed by atoms with E-state index in [0.717, 1.165) is 10.0 Å². The third-order valence-electron chi connectivity index (χ3n) is 9.16. The first-order chi connectivity index (χ1) is 21.7. The van der Waals surface area contributed by atoms with Crippen molar-refractivity contribution in [1.82, 2.24) is 0 Å². The molecule has 0 atom stereocenters. The minimum atomic E-state index is -0.605. The van der Waals surface area contributed by atoms with Crippen molar-refractivity contribution in [1.29, 1.82) is 0 Å². The topological polar surface area (TPSA) is 0 Å². The van der Waals surface area contributed by atoms with Crippen molar-refractivity contribution in [3.05, 3.63) is 139 Å². The van der Waals surface area contributed by atoms with Crippen LogP contribution in [0, 0.1) is 41.5 Å². The summed E-state index contributed by atoms with van der Waals surface area (Å²) in [6.07, 6.45) is 0. The maximum absolute atomic E-state index is 5.88. The smallest absolute Gasteiger partial charge is 1.00 e. The third kappa shape index (κ3) is 9.78. The number of rotatable bonds is 4. The Morgan fingerprint density at radius 1 is 0.521 bits per heavy atom. The minimum Gasteiger partial charge on any atom is -1.00 e. The summed E-state index contributed by atoms with van der Waals surface area (Å²) in [7, 11) is 0. The maximum Gasteiger partial charge on any atom is -1.00 e. The van der Waals surface area contributed by atoms with Gasteiger partial charge in [-0.15, -0.1) is 68.1 Å². The normalized spacial score (nSPS) is 10.7. The quantitative estimate of drug-likeness (QED) is 0.155. The molecule has 0 saturated heterocycles. The summed E-state index contributed by atoms with van der Waals surface area (Å²) >= 11 is 13.3. The zero-order chi connectivity index (χ0) is 33.9. The average molecular weight is 812 g/mol. The molecule has 252 valence electrons. The van der Waals surface area contributed by atoms with Gasteiger partial charge in [-0.05, 0) is 11.8 Å². The van der Waals surface area contributed by atoms with Crippen molar-refractivity contribution >= 4 is 60.6 Å². The first-order valence-electron chi connectivity index (χ1n) is 16.1. The molecule has 0 aliphatic rings. The number of fused-ring (bicyclic) bond motifs is 2. The number of hydrogen-bond donors (Lipinski definition) is 0. The summed E-state index contributed by atoms with van der Waals surface area (Å²) in [6.45, 7) is 22.4. The maximum atomic E-state index is 5.88. The number of aryl methyl sites for hydroxylation is 6. The van der Waals surface area contributed by atoms with Gasteiger partial charge in [0.1, 0.15) is 0 Å². The number of hydrogen-bond acceptors (Lipinski definition) is 0. The van der Waals surface area contributed by atoms with Crippen molar-refractivity contribution in [3.8, 4) is 0 Å². The largest absolute Gasteiger partial charge is 1.00 e. The predicted octanol–water partition coefficient (Wildman–Crippen LogP) is 5.87. The molecule has 0 amide bonds. The fourth-order valence-corrected chi connectivity index (χ4v) is 10.1. The second kappa shape index (κ2) is 18.6. The van der Waals surface area contributed by atoms with Crippen LogP contribution in [0.15, 0.2) is 84.9 Å². The van der Waals surface area contributed by atoms with Crippen molar-refractivity contribution in [2.75, 3.05) is 0 Å². The molecule has 0 aromatic heterocycles. The van der Waals surface area contributed by atoms with Gasteiger partial charge in [-0.3, -0.25) is 0 Å². The molecule has 6 aromatic rings. The average Bonchev–Trinajstić information content (AvgIpc) is 3.49. The van der Waals surface area contributed by atoms with Crippen LogP contribution >= 0.6 is 23.2 Å². The first-order valence-corrected chi connectivity index (χ1v) is 22.1. The first kappa shape index (κ1) is 42.5. The summed E-state index contributed by atoms with van der Waals surface area (Å²) in [5, 5.41) is 10.2. The van der Waals surface area contributed by atoms with Gasteiger partial charge >= 0.3 is 121 Å². The van der Waals surface area contributed by atoms with E-state index in [1.807, 2.05) is 24.3 Å². The van der Waals surface area contributed by atoms with E-state index in [9.17, 15) is 0 Å². The van der Waals surface area contributed by atoms with Gasteiger partial charge in [0.05, 0.1) is 0 Å². The van der Waals surface area contributed by atoms with Crippen LogP contribution in [-0.2, 0) is 23.3 Å². The second-order valence-corrected chi connectivity index (χ2v) is 19.6. The van der Waals surface area contributed by atoms with Crippen LogP contribution in [0.2, 0.25) is 10.0 Å². The Balaban J connectivity index is 0.000000245. The zero-order valence-electron chi connectivity index (χ0n) is 29.7. The fourth-order valence-electron chi connectivity index (χ4n) is 6.10. The molecule has 0 bridgehead atoms. The Bertz CT molecular complexity index is 1830. The van der Waals surface area contributed by atoms with Gasteiger partial charge in [0.2, 0.25) is 0 Å². The van der Waals surface area contributed by atoms with Crippen LogP contribution in [-0.4, -0.2) is 5.43 Å². The SMILES string of the molecule is Cc1[cH-]c2c(C)ccc(C(C)C)c2c1C.Cc1[cH-]c2c(C)ccc(C(C)C)c2c1C.Clc1ccc([Si](=[Zr+2])c2ccc(Cl)cc2)cc1.[Cl-].[Cl-].